The predicted molar refractivity (Wildman–Crippen MR) is 86.4 cm³/mol. The molecule has 1 aliphatic rings. The van der Waals surface area contributed by atoms with Crippen LogP contribution in [0.15, 0.2) is 30.3 Å². The predicted octanol–water partition coefficient (Wildman–Crippen LogP) is 3.15. The first-order valence-corrected chi connectivity index (χ1v) is 7.87. The maximum absolute atomic E-state index is 12.2. The van der Waals surface area contributed by atoms with Crippen molar-refractivity contribution in [2.75, 3.05) is 19.7 Å². The summed E-state index contributed by atoms with van der Waals surface area (Å²) in [6.07, 6.45) is 4.86. The number of hydrogen-bond donors (Lipinski definition) is 0. The van der Waals surface area contributed by atoms with Gasteiger partial charge in [-0.15, -0.1) is 0 Å². The lowest BCUT2D eigenvalue weighted by Gasteiger charge is -2.30. The molecule has 1 fully saturated rings. The van der Waals surface area contributed by atoms with Crippen LogP contribution in [0, 0.1) is 5.92 Å². The zero-order valence-electron chi connectivity index (χ0n) is 12.6. The van der Waals surface area contributed by atoms with E-state index in [2.05, 4.69) is 0 Å². The highest BCUT2D eigenvalue weighted by molar-refractivity contribution is 6.30. The fourth-order valence-corrected chi connectivity index (χ4v) is 2.71. The minimum atomic E-state index is -0.211. The number of hydrogen-bond acceptors (Lipinski definition) is 3. The van der Waals surface area contributed by atoms with Crippen LogP contribution in [0.4, 0.5) is 0 Å². The summed E-state index contributed by atoms with van der Waals surface area (Å²) in [5.41, 5.74) is 0.875. The average molecular weight is 322 g/mol. The summed E-state index contributed by atoms with van der Waals surface area (Å²) in [7, 11) is 0. The number of esters is 1. The van der Waals surface area contributed by atoms with E-state index in [1.165, 1.54) is 6.08 Å². The van der Waals surface area contributed by atoms with Crippen molar-refractivity contribution in [1.82, 2.24) is 4.90 Å². The molecular formula is C17H20ClNO3. The maximum Gasteiger partial charge on any atom is 0.310 e. The van der Waals surface area contributed by atoms with Gasteiger partial charge in [0.1, 0.15) is 0 Å². The van der Waals surface area contributed by atoms with E-state index in [4.69, 9.17) is 16.3 Å². The third-order valence-corrected chi connectivity index (χ3v) is 3.86. The van der Waals surface area contributed by atoms with E-state index < -0.39 is 0 Å². The lowest BCUT2D eigenvalue weighted by atomic mass is 9.98. The Morgan fingerprint density at radius 3 is 3.00 bits per heavy atom. The zero-order chi connectivity index (χ0) is 15.9. The number of nitrogens with zero attached hydrogens (tertiary/aromatic N) is 1. The van der Waals surface area contributed by atoms with Crippen LogP contribution in [0.5, 0.6) is 0 Å². The summed E-state index contributed by atoms with van der Waals surface area (Å²) in [5, 5.41) is 0.634. The molecule has 118 valence electrons. The molecule has 1 atom stereocenters. The Morgan fingerprint density at radius 1 is 1.45 bits per heavy atom. The monoisotopic (exact) mass is 321 g/mol. The summed E-state index contributed by atoms with van der Waals surface area (Å²) in [6, 6.07) is 7.30. The van der Waals surface area contributed by atoms with Gasteiger partial charge in [0.25, 0.3) is 0 Å². The van der Waals surface area contributed by atoms with E-state index in [-0.39, 0.29) is 17.8 Å². The lowest BCUT2D eigenvalue weighted by Crippen LogP contribution is -2.42. The van der Waals surface area contributed by atoms with Crippen molar-refractivity contribution in [3.8, 4) is 0 Å². The number of carbonyl (C=O) groups is 2. The number of rotatable bonds is 4. The van der Waals surface area contributed by atoms with Crippen molar-refractivity contribution in [1.29, 1.82) is 0 Å². The fourth-order valence-electron chi connectivity index (χ4n) is 2.51. The van der Waals surface area contributed by atoms with Crippen LogP contribution in [-0.2, 0) is 14.3 Å². The van der Waals surface area contributed by atoms with E-state index in [1.54, 1.807) is 30.0 Å². The molecule has 0 radical (unpaired) electrons. The standard InChI is InChI=1S/C17H20ClNO3/c1-2-22-17(21)14-6-4-10-19(12-14)16(20)9-8-13-5-3-7-15(18)11-13/h3,5,7-9,11,14H,2,4,6,10,12H2,1H3/b9-8+/t14-/m0/s1. The first kappa shape index (κ1) is 16.6. The quantitative estimate of drug-likeness (QED) is 0.632. The highest BCUT2D eigenvalue weighted by Gasteiger charge is 2.28. The van der Waals surface area contributed by atoms with Gasteiger partial charge in [0.15, 0.2) is 0 Å². The van der Waals surface area contributed by atoms with Crippen LogP contribution in [0.2, 0.25) is 5.02 Å². The highest BCUT2D eigenvalue weighted by atomic mass is 35.5. The number of carbonyl (C=O) groups excluding carboxylic acids is 2. The molecule has 1 amide bonds. The van der Waals surface area contributed by atoms with Gasteiger partial charge in [-0.1, -0.05) is 23.7 Å². The fraction of sp³-hybridized carbons (Fsp3) is 0.412. The molecule has 0 unspecified atom stereocenters. The number of amides is 1. The van der Waals surface area contributed by atoms with Crippen LogP contribution in [0.3, 0.4) is 0 Å². The van der Waals surface area contributed by atoms with Crippen LogP contribution in [0.1, 0.15) is 25.3 Å². The third-order valence-electron chi connectivity index (χ3n) is 3.62. The van der Waals surface area contributed by atoms with Gasteiger partial charge in [-0.2, -0.15) is 0 Å². The van der Waals surface area contributed by atoms with Crippen molar-refractivity contribution in [3.05, 3.63) is 40.9 Å². The van der Waals surface area contributed by atoms with Gasteiger partial charge in [0, 0.05) is 24.2 Å². The molecule has 0 spiro atoms. The third kappa shape index (κ3) is 4.60. The van der Waals surface area contributed by atoms with Crippen molar-refractivity contribution in [2.45, 2.75) is 19.8 Å². The van der Waals surface area contributed by atoms with Crippen LogP contribution >= 0.6 is 11.6 Å². The van der Waals surface area contributed by atoms with Gasteiger partial charge >= 0.3 is 5.97 Å². The summed E-state index contributed by atoms with van der Waals surface area (Å²) in [6.45, 7) is 3.27. The lowest BCUT2D eigenvalue weighted by molar-refractivity contribution is -0.150. The van der Waals surface area contributed by atoms with Gasteiger partial charge in [0.05, 0.1) is 12.5 Å². The Balaban J connectivity index is 1.95. The smallest absolute Gasteiger partial charge is 0.310 e. The molecule has 5 heteroatoms. The molecule has 1 aromatic rings. The van der Waals surface area contributed by atoms with Gasteiger partial charge in [-0.25, -0.2) is 0 Å². The van der Waals surface area contributed by atoms with Gasteiger partial charge < -0.3 is 9.64 Å². The topological polar surface area (TPSA) is 46.6 Å². The SMILES string of the molecule is CCOC(=O)[C@H]1CCCN(C(=O)/C=C/c2cccc(Cl)c2)C1. The second kappa shape index (κ2) is 7.99. The Bertz CT molecular complexity index is 571. The summed E-state index contributed by atoms with van der Waals surface area (Å²) >= 11 is 5.91. The van der Waals surface area contributed by atoms with Gasteiger partial charge in [-0.3, -0.25) is 9.59 Å². The van der Waals surface area contributed by atoms with Crippen molar-refractivity contribution >= 4 is 29.6 Å². The van der Waals surface area contributed by atoms with Crippen molar-refractivity contribution in [3.63, 3.8) is 0 Å². The Hall–Kier alpha value is -1.81. The van der Waals surface area contributed by atoms with Crippen molar-refractivity contribution in [2.24, 2.45) is 5.92 Å². The molecule has 2 rings (SSSR count). The average Bonchev–Trinajstić information content (AvgIpc) is 2.53. The molecule has 1 aliphatic heterocycles. The van der Waals surface area contributed by atoms with E-state index in [0.717, 1.165) is 18.4 Å². The van der Waals surface area contributed by atoms with Crippen LogP contribution in [0.25, 0.3) is 6.08 Å². The number of ether oxygens (including phenoxy) is 1. The molecule has 0 bridgehead atoms. The number of likely N-dealkylation sites (tertiary alicyclic amines) is 1. The summed E-state index contributed by atoms with van der Waals surface area (Å²) < 4.78 is 5.04. The van der Waals surface area contributed by atoms with E-state index in [1.807, 2.05) is 12.1 Å². The largest absolute Gasteiger partial charge is 0.466 e. The molecule has 1 saturated heterocycles. The molecule has 0 N–H and O–H groups in total. The molecule has 0 aromatic heterocycles. The second-order valence-corrected chi connectivity index (χ2v) is 5.70. The number of benzene rings is 1. The van der Waals surface area contributed by atoms with Gasteiger partial charge in [-0.05, 0) is 43.5 Å². The van der Waals surface area contributed by atoms with Crippen molar-refractivity contribution < 1.29 is 14.3 Å². The molecule has 22 heavy (non-hydrogen) atoms. The number of piperidine rings is 1. The molecule has 1 heterocycles. The van der Waals surface area contributed by atoms with Gasteiger partial charge in [0.2, 0.25) is 5.91 Å². The molecular weight excluding hydrogens is 302 g/mol. The van der Waals surface area contributed by atoms with Crippen LogP contribution in [-0.4, -0.2) is 36.5 Å². The molecule has 1 aromatic carbocycles. The van der Waals surface area contributed by atoms with Crippen LogP contribution < -0.4 is 0 Å². The number of halogens is 1. The van der Waals surface area contributed by atoms with E-state index in [0.29, 0.717) is 24.7 Å². The minimum absolute atomic E-state index is 0.0889. The first-order chi connectivity index (χ1) is 10.6. The molecule has 0 saturated carbocycles. The normalized spacial score (nSPS) is 18.5. The first-order valence-electron chi connectivity index (χ1n) is 7.49. The Labute approximate surface area is 135 Å². The zero-order valence-corrected chi connectivity index (χ0v) is 13.4. The Morgan fingerprint density at radius 2 is 2.27 bits per heavy atom. The maximum atomic E-state index is 12.2. The van der Waals surface area contributed by atoms with E-state index in [9.17, 15) is 9.59 Å². The summed E-state index contributed by atoms with van der Waals surface area (Å²) in [5.74, 6) is -0.509. The van der Waals surface area contributed by atoms with E-state index >= 15 is 0 Å². The molecule has 4 nitrogen and oxygen atoms in total. The molecule has 0 aliphatic carbocycles. The summed E-state index contributed by atoms with van der Waals surface area (Å²) in [4.78, 5) is 25.7. The minimum Gasteiger partial charge on any atom is -0.466 e. The highest BCUT2D eigenvalue weighted by Crippen LogP contribution is 2.19. The second-order valence-electron chi connectivity index (χ2n) is 5.26. The Kier molecular flexibility index (Phi) is 6.01.